The second-order valence-electron chi connectivity index (χ2n) is 12.2. The molecule has 0 fully saturated rings. The van der Waals surface area contributed by atoms with Gasteiger partial charge in [0.15, 0.2) is 0 Å². The highest BCUT2D eigenvalue weighted by Crippen LogP contribution is 2.32. The normalized spacial score (nSPS) is 11.9. The molecule has 0 aliphatic rings. The van der Waals surface area contributed by atoms with Crippen LogP contribution in [-0.2, 0) is 10.1 Å². The van der Waals surface area contributed by atoms with Gasteiger partial charge in [-0.15, -0.1) is 0 Å². The maximum atomic E-state index is 11.5. The van der Waals surface area contributed by atoms with Gasteiger partial charge in [0.05, 0.1) is 49.7 Å². The molecule has 50 heavy (non-hydrogen) atoms. The predicted molar refractivity (Wildman–Crippen MR) is 199 cm³/mol. The average Bonchev–Trinajstić information content (AvgIpc) is 3.17. The highest BCUT2D eigenvalue weighted by atomic mass is 32.2. The van der Waals surface area contributed by atoms with Crippen LogP contribution in [0.5, 0.6) is 0 Å². The molecule has 7 nitrogen and oxygen atoms in total. The van der Waals surface area contributed by atoms with E-state index in [4.69, 9.17) is 19.9 Å². The molecule has 1 N–H and O–H groups in total. The molecular weight excluding hydrogens is 641 g/mol. The van der Waals surface area contributed by atoms with E-state index in [9.17, 15) is 13.0 Å². The zero-order chi connectivity index (χ0) is 33.8. The number of rotatable bonds is 5. The van der Waals surface area contributed by atoms with Crippen molar-refractivity contribution in [3.05, 3.63) is 152 Å². The van der Waals surface area contributed by atoms with Crippen LogP contribution in [0.15, 0.2) is 157 Å². The van der Waals surface area contributed by atoms with E-state index in [1.165, 1.54) is 12.1 Å². The number of nitrogens with zero attached hydrogens (tertiary/aromatic N) is 4. The summed E-state index contributed by atoms with van der Waals surface area (Å²) < 4.78 is 32.4. The molecule has 0 saturated carbocycles. The third kappa shape index (κ3) is 5.33. The molecule has 0 bridgehead atoms. The van der Waals surface area contributed by atoms with Gasteiger partial charge in [0.25, 0.3) is 10.1 Å². The molecule has 4 aromatic heterocycles. The van der Waals surface area contributed by atoms with Crippen LogP contribution in [0.1, 0.15) is 0 Å². The first-order valence-corrected chi connectivity index (χ1v) is 17.5. The van der Waals surface area contributed by atoms with Gasteiger partial charge in [0, 0.05) is 43.8 Å². The summed E-state index contributed by atoms with van der Waals surface area (Å²) in [4.78, 5) is 20.1. The van der Waals surface area contributed by atoms with Gasteiger partial charge in [-0.2, -0.15) is 8.42 Å². The van der Waals surface area contributed by atoms with Crippen molar-refractivity contribution in [3.63, 3.8) is 0 Å². The Bertz CT molecular complexity index is 2900. The summed E-state index contributed by atoms with van der Waals surface area (Å²) in [6.07, 6.45) is 0. The molecule has 0 unspecified atom stereocenters. The molecule has 0 saturated heterocycles. The first-order valence-electron chi connectivity index (χ1n) is 16.0. The number of hydrogen-bond acceptors (Lipinski definition) is 6. The molecule has 8 heteroatoms. The van der Waals surface area contributed by atoms with E-state index in [1.807, 2.05) is 66.7 Å². The third-order valence-corrected chi connectivity index (χ3v) is 9.88. The minimum atomic E-state index is -4.28. The summed E-state index contributed by atoms with van der Waals surface area (Å²) >= 11 is 0. The van der Waals surface area contributed by atoms with E-state index in [2.05, 4.69) is 60.7 Å². The molecule has 4 heterocycles. The second kappa shape index (κ2) is 11.7. The summed E-state index contributed by atoms with van der Waals surface area (Å²) in [5.41, 5.74) is 10.1. The predicted octanol–water partition coefficient (Wildman–Crippen LogP) is 9.79. The Hall–Kier alpha value is -6.35. The Morgan fingerprint density at radius 1 is 0.360 bits per heavy atom. The molecule has 0 spiro atoms. The number of pyridine rings is 4. The molecule has 238 valence electrons. The Morgan fingerprint density at radius 2 is 0.700 bits per heavy atom. The largest absolute Gasteiger partial charge is 0.294 e. The quantitative estimate of drug-likeness (QED) is 0.144. The molecular formula is C42H26N4O3S. The highest BCUT2D eigenvalue weighted by Gasteiger charge is 2.13. The van der Waals surface area contributed by atoms with Gasteiger partial charge >= 0.3 is 0 Å². The molecule has 0 aliphatic heterocycles. The lowest BCUT2D eigenvalue weighted by Gasteiger charge is -2.10. The summed E-state index contributed by atoms with van der Waals surface area (Å²) in [7, 11) is -4.28. The average molecular weight is 667 g/mol. The lowest BCUT2D eigenvalue weighted by atomic mass is 10.0. The van der Waals surface area contributed by atoms with Crippen LogP contribution >= 0.6 is 0 Å². The molecule has 0 radical (unpaired) electrons. The van der Waals surface area contributed by atoms with Crippen LogP contribution in [0, 0.1) is 0 Å². The zero-order valence-electron chi connectivity index (χ0n) is 26.4. The molecule has 0 aliphatic carbocycles. The molecule has 9 aromatic rings. The van der Waals surface area contributed by atoms with Crippen LogP contribution in [0.2, 0.25) is 0 Å². The SMILES string of the molecule is O=S(=O)(O)c1ccc(-c2ccc3ccc4ccc(-c5cccc(-c6ccc7ccc8ccc(-c9ccccc9)nc8c7n6)c5)nc4c3n2)cc1. The third-order valence-electron chi connectivity index (χ3n) is 9.01. The molecule has 0 amide bonds. The Morgan fingerprint density at radius 3 is 1.10 bits per heavy atom. The summed E-state index contributed by atoms with van der Waals surface area (Å²) in [6, 6.07) is 48.9. The van der Waals surface area contributed by atoms with Crippen LogP contribution < -0.4 is 0 Å². The number of hydrogen-bond donors (Lipinski definition) is 1. The van der Waals surface area contributed by atoms with Crippen LogP contribution in [0.3, 0.4) is 0 Å². The first-order chi connectivity index (χ1) is 24.4. The molecule has 9 rings (SSSR count). The Labute approximate surface area is 287 Å². The summed E-state index contributed by atoms with van der Waals surface area (Å²) in [5, 5.41) is 3.95. The van der Waals surface area contributed by atoms with Crippen molar-refractivity contribution in [2.24, 2.45) is 0 Å². The highest BCUT2D eigenvalue weighted by molar-refractivity contribution is 7.85. The fraction of sp³-hybridized carbons (Fsp3) is 0. The maximum Gasteiger partial charge on any atom is 0.294 e. The minimum Gasteiger partial charge on any atom is -0.282 e. The molecule has 5 aromatic carbocycles. The van der Waals surface area contributed by atoms with E-state index in [0.29, 0.717) is 5.69 Å². The lowest BCUT2D eigenvalue weighted by molar-refractivity contribution is 0.483. The van der Waals surface area contributed by atoms with Gasteiger partial charge in [-0.1, -0.05) is 109 Å². The van der Waals surface area contributed by atoms with Crippen molar-refractivity contribution < 1.29 is 13.0 Å². The monoisotopic (exact) mass is 666 g/mol. The van der Waals surface area contributed by atoms with Crippen molar-refractivity contribution >= 4 is 53.7 Å². The van der Waals surface area contributed by atoms with Gasteiger partial charge in [-0.25, -0.2) is 19.9 Å². The lowest BCUT2D eigenvalue weighted by Crippen LogP contribution is -1.97. The minimum absolute atomic E-state index is 0.165. The van der Waals surface area contributed by atoms with Gasteiger partial charge in [0.1, 0.15) is 0 Å². The van der Waals surface area contributed by atoms with Crippen LogP contribution in [0.25, 0.3) is 88.6 Å². The van der Waals surface area contributed by atoms with Crippen molar-refractivity contribution in [1.82, 2.24) is 19.9 Å². The second-order valence-corrected chi connectivity index (χ2v) is 13.6. The number of benzene rings is 5. The van der Waals surface area contributed by atoms with E-state index in [-0.39, 0.29) is 4.90 Å². The van der Waals surface area contributed by atoms with Crippen molar-refractivity contribution in [2.75, 3.05) is 0 Å². The fourth-order valence-electron chi connectivity index (χ4n) is 6.42. The first kappa shape index (κ1) is 29.8. The van der Waals surface area contributed by atoms with Crippen molar-refractivity contribution in [3.8, 4) is 45.0 Å². The van der Waals surface area contributed by atoms with E-state index >= 15 is 0 Å². The smallest absolute Gasteiger partial charge is 0.282 e. The van der Waals surface area contributed by atoms with Crippen LogP contribution in [-0.4, -0.2) is 32.9 Å². The van der Waals surface area contributed by atoms with E-state index in [0.717, 1.165) is 82.9 Å². The fourth-order valence-corrected chi connectivity index (χ4v) is 6.90. The summed E-state index contributed by atoms with van der Waals surface area (Å²) in [6.45, 7) is 0. The maximum absolute atomic E-state index is 11.5. The van der Waals surface area contributed by atoms with E-state index in [1.54, 1.807) is 12.1 Å². The zero-order valence-corrected chi connectivity index (χ0v) is 27.2. The van der Waals surface area contributed by atoms with Gasteiger partial charge < -0.3 is 0 Å². The van der Waals surface area contributed by atoms with E-state index < -0.39 is 10.1 Å². The van der Waals surface area contributed by atoms with Gasteiger partial charge in [0.2, 0.25) is 0 Å². The standard InChI is InChI=1S/C42H26N4O3S/c47-50(48,49)34-19-13-27(14-20-34)36-22-16-29-10-12-31-18-24-38(46-42(31)40(29)44-36)33-8-4-7-32(25-33)37-23-17-30-11-9-28-15-21-35(26-5-2-1-3-6-26)43-39(28)41(30)45-37/h1-25H,(H,47,48,49). The van der Waals surface area contributed by atoms with Gasteiger partial charge in [-0.3, -0.25) is 4.55 Å². The Balaban J connectivity index is 1.12. The molecule has 0 atom stereocenters. The summed E-state index contributed by atoms with van der Waals surface area (Å²) in [5.74, 6) is 0. The number of fused-ring (bicyclic) bond motifs is 6. The Kier molecular flexibility index (Phi) is 6.94. The topological polar surface area (TPSA) is 106 Å². The van der Waals surface area contributed by atoms with Gasteiger partial charge in [-0.05, 0) is 42.5 Å². The van der Waals surface area contributed by atoms with Crippen molar-refractivity contribution in [2.45, 2.75) is 4.90 Å². The van der Waals surface area contributed by atoms with Crippen molar-refractivity contribution in [1.29, 1.82) is 0 Å². The van der Waals surface area contributed by atoms with Crippen LogP contribution in [0.4, 0.5) is 0 Å². The number of aromatic nitrogens is 4.